The molecule has 0 bridgehead atoms. The highest BCUT2D eigenvalue weighted by Crippen LogP contribution is 2.32. The van der Waals surface area contributed by atoms with E-state index in [4.69, 9.17) is 4.74 Å². The number of nitrogens with zero attached hydrogens (tertiary/aromatic N) is 3. The lowest BCUT2D eigenvalue weighted by Gasteiger charge is -2.34. The summed E-state index contributed by atoms with van der Waals surface area (Å²) in [6, 6.07) is 9.01. The molecule has 1 amide bonds. The van der Waals surface area contributed by atoms with Crippen LogP contribution in [0.15, 0.2) is 36.4 Å². The van der Waals surface area contributed by atoms with E-state index in [0.29, 0.717) is 26.2 Å². The summed E-state index contributed by atoms with van der Waals surface area (Å²) in [4.78, 5) is 20.9. The first-order valence-corrected chi connectivity index (χ1v) is 9.30. The molecule has 4 rings (SSSR count). The number of carbonyl (C=O) groups is 1. The van der Waals surface area contributed by atoms with Crippen molar-refractivity contribution in [3.05, 3.63) is 53.6 Å². The number of hydrogen-bond acceptors (Lipinski definition) is 5. The molecule has 0 spiro atoms. The van der Waals surface area contributed by atoms with E-state index in [9.17, 15) is 13.6 Å². The minimum Gasteiger partial charge on any atom is -0.497 e. The van der Waals surface area contributed by atoms with Gasteiger partial charge in [0.15, 0.2) is 16.8 Å². The number of methoxy groups -OCH3 is 1. The SMILES string of the molecule is COc1ccc2nc(N3CCN(C(=O)c4ccc(F)c(F)c4)CC3)sc2c1. The fraction of sp³-hybridized carbons (Fsp3) is 0.263. The number of benzene rings is 2. The first-order valence-electron chi connectivity index (χ1n) is 8.49. The van der Waals surface area contributed by atoms with Gasteiger partial charge in [0.2, 0.25) is 0 Å². The van der Waals surface area contributed by atoms with Crippen molar-refractivity contribution in [2.24, 2.45) is 0 Å². The Morgan fingerprint density at radius 3 is 2.56 bits per heavy atom. The molecule has 0 unspecified atom stereocenters. The maximum atomic E-state index is 13.4. The third kappa shape index (κ3) is 3.44. The van der Waals surface area contributed by atoms with Crippen molar-refractivity contribution < 1.29 is 18.3 Å². The van der Waals surface area contributed by atoms with Gasteiger partial charge in [0, 0.05) is 31.7 Å². The number of hydrogen-bond donors (Lipinski definition) is 0. The number of amides is 1. The van der Waals surface area contributed by atoms with Gasteiger partial charge >= 0.3 is 0 Å². The second-order valence-electron chi connectivity index (χ2n) is 6.24. The highest BCUT2D eigenvalue weighted by Gasteiger charge is 2.24. The standard InChI is InChI=1S/C19H17F2N3O2S/c1-26-13-3-5-16-17(11-13)27-19(22-16)24-8-6-23(7-9-24)18(25)12-2-4-14(20)15(21)10-12/h2-5,10-11H,6-9H2,1H3. The van der Waals surface area contributed by atoms with Crippen LogP contribution in [0.5, 0.6) is 5.75 Å². The summed E-state index contributed by atoms with van der Waals surface area (Å²) >= 11 is 1.58. The largest absolute Gasteiger partial charge is 0.497 e. The van der Waals surface area contributed by atoms with E-state index in [2.05, 4.69) is 9.88 Å². The Bertz CT molecular complexity index is 1000. The average Bonchev–Trinajstić information content (AvgIpc) is 3.13. The minimum atomic E-state index is -1.01. The number of anilines is 1. The lowest BCUT2D eigenvalue weighted by Crippen LogP contribution is -2.48. The summed E-state index contributed by atoms with van der Waals surface area (Å²) in [6.07, 6.45) is 0. The Labute approximate surface area is 158 Å². The molecular weight excluding hydrogens is 372 g/mol. The number of rotatable bonds is 3. The quantitative estimate of drug-likeness (QED) is 0.687. The summed E-state index contributed by atoms with van der Waals surface area (Å²) in [5.41, 5.74) is 1.07. The molecular formula is C19H17F2N3O2S. The molecule has 1 fully saturated rings. The van der Waals surface area contributed by atoms with Crippen LogP contribution in [-0.4, -0.2) is 49.1 Å². The monoisotopic (exact) mass is 389 g/mol. The molecule has 1 saturated heterocycles. The van der Waals surface area contributed by atoms with Crippen LogP contribution in [0, 0.1) is 11.6 Å². The fourth-order valence-corrected chi connectivity index (χ4v) is 4.11. The van der Waals surface area contributed by atoms with Crippen LogP contribution in [-0.2, 0) is 0 Å². The number of fused-ring (bicyclic) bond motifs is 1. The van der Waals surface area contributed by atoms with Gasteiger partial charge in [-0.2, -0.15) is 0 Å². The third-order valence-corrected chi connectivity index (χ3v) is 5.67. The molecule has 0 N–H and O–H groups in total. The van der Waals surface area contributed by atoms with Crippen LogP contribution in [0.4, 0.5) is 13.9 Å². The molecule has 140 valence electrons. The smallest absolute Gasteiger partial charge is 0.254 e. The van der Waals surface area contributed by atoms with Gasteiger partial charge in [0.25, 0.3) is 5.91 Å². The zero-order valence-electron chi connectivity index (χ0n) is 14.6. The number of piperazine rings is 1. The maximum absolute atomic E-state index is 13.4. The van der Waals surface area contributed by atoms with Crippen LogP contribution < -0.4 is 9.64 Å². The van der Waals surface area contributed by atoms with Crippen molar-refractivity contribution in [2.75, 3.05) is 38.2 Å². The van der Waals surface area contributed by atoms with E-state index in [1.807, 2.05) is 18.2 Å². The summed E-state index contributed by atoms with van der Waals surface area (Å²) in [7, 11) is 1.63. The second-order valence-corrected chi connectivity index (χ2v) is 7.25. The molecule has 1 aliphatic rings. The molecule has 8 heteroatoms. The Morgan fingerprint density at radius 2 is 1.85 bits per heavy atom. The number of carbonyl (C=O) groups excluding carboxylic acids is 1. The summed E-state index contributed by atoms with van der Waals surface area (Å²) in [6.45, 7) is 2.26. The Kier molecular flexibility index (Phi) is 4.65. The van der Waals surface area contributed by atoms with Crippen molar-refractivity contribution in [3.63, 3.8) is 0 Å². The van der Waals surface area contributed by atoms with Gasteiger partial charge in [-0.1, -0.05) is 11.3 Å². The molecule has 3 aromatic rings. The predicted molar refractivity (Wildman–Crippen MR) is 101 cm³/mol. The van der Waals surface area contributed by atoms with Crippen molar-refractivity contribution in [3.8, 4) is 5.75 Å². The van der Waals surface area contributed by atoms with Crippen LogP contribution in [0.25, 0.3) is 10.2 Å². The Hall–Kier alpha value is -2.74. The second kappa shape index (κ2) is 7.11. The lowest BCUT2D eigenvalue weighted by molar-refractivity contribution is 0.0746. The molecule has 1 aliphatic heterocycles. The van der Waals surface area contributed by atoms with E-state index in [1.54, 1.807) is 23.3 Å². The fourth-order valence-electron chi connectivity index (χ4n) is 3.07. The molecule has 2 aromatic carbocycles. The summed E-state index contributed by atoms with van der Waals surface area (Å²) in [5.74, 6) is -1.46. The molecule has 0 radical (unpaired) electrons. The normalized spacial score (nSPS) is 14.6. The van der Waals surface area contributed by atoms with Gasteiger partial charge in [0.05, 0.1) is 17.3 Å². The average molecular weight is 389 g/mol. The topological polar surface area (TPSA) is 45.7 Å². The van der Waals surface area contributed by atoms with E-state index in [-0.39, 0.29) is 11.5 Å². The van der Waals surface area contributed by atoms with Crippen LogP contribution in [0.2, 0.25) is 0 Å². The molecule has 1 aromatic heterocycles. The van der Waals surface area contributed by atoms with Gasteiger partial charge < -0.3 is 14.5 Å². The zero-order chi connectivity index (χ0) is 19.0. The van der Waals surface area contributed by atoms with Gasteiger partial charge in [-0.25, -0.2) is 13.8 Å². The maximum Gasteiger partial charge on any atom is 0.254 e. The highest BCUT2D eigenvalue weighted by molar-refractivity contribution is 7.22. The molecule has 0 aliphatic carbocycles. The van der Waals surface area contributed by atoms with Gasteiger partial charge in [-0.05, 0) is 36.4 Å². The van der Waals surface area contributed by atoms with Gasteiger partial charge in [-0.3, -0.25) is 4.79 Å². The molecule has 0 saturated carbocycles. The van der Waals surface area contributed by atoms with Gasteiger partial charge in [0.1, 0.15) is 5.75 Å². The molecule has 5 nitrogen and oxygen atoms in total. The van der Waals surface area contributed by atoms with E-state index in [0.717, 1.165) is 33.2 Å². The number of ether oxygens (including phenoxy) is 1. The predicted octanol–water partition coefficient (Wildman–Crippen LogP) is 3.55. The van der Waals surface area contributed by atoms with E-state index < -0.39 is 11.6 Å². The number of thiazole rings is 1. The first kappa shape index (κ1) is 17.7. The minimum absolute atomic E-state index is 0.162. The molecule has 0 atom stereocenters. The van der Waals surface area contributed by atoms with Crippen molar-refractivity contribution >= 4 is 32.6 Å². The first-order chi connectivity index (χ1) is 13.0. The lowest BCUT2D eigenvalue weighted by atomic mass is 10.1. The van der Waals surface area contributed by atoms with Crippen molar-refractivity contribution in [2.45, 2.75) is 0 Å². The van der Waals surface area contributed by atoms with Crippen LogP contribution in [0.1, 0.15) is 10.4 Å². The highest BCUT2D eigenvalue weighted by atomic mass is 32.1. The summed E-state index contributed by atoms with van der Waals surface area (Å²) in [5, 5.41) is 0.901. The summed E-state index contributed by atoms with van der Waals surface area (Å²) < 4.78 is 32.7. The van der Waals surface area contributed by atoms with E-state index >= 15 is 0 Å². The number of halogens is 2. The Balaban J connectivity index is 1.45. The van der Waals surface area contributed by atoms with Crippen LogP contribution in [0.3, 0.4) is 0 Å². The molecule has 27 heavy (non-hydrogen) atoms. The zero-order valence-corrected chi connectivity index (χ0v) is 15.4. The van der Waals surface area contributed by atoms with Gasteiger partial charge in [-0.15, -0.1) is 0 Å². The van der Waals surface area contributed by atoms with Crippen LogP contribution >= 0.6 is 11.3 Å². The Morgan fingerprint density at radius 1 is 1.07 bits per heavy atom. The van der Waals surface area contributed by atoms with E-state index in [1.165, 1.54) is 6.07 Å². The van der Waals surface area contributed by atoms with Crippen molar-refractivity contribution in [1.29, 1.82) is 0 Å². The van der Waals surface area contributed by atoms with Crippen molar-refractivity contribution in [1.82, 2.24) is 9.88 Å². The third-order valence-electron chi connectivity index (χ3n) is 4.59. The molecule has 2 heterocycles. The number of aromatic nitrogens is 1.